The number of unbranched alkanes of at least 4 members (excludes halogenated alkanes) is 2. The molecule has 0 spiro atoms. The van der Waals surface area contributed by atoms with Gasteiger partial charge < -0.3 is 4.90 Å². The first-order chi connectivity index (χ1) is 15.6. The van der Waals surface area contributed by atoms with Crippen molar-refractivity contribution < 1.29 is 31.0 Å². The molecule has 2 heterocycles. The molecule has 0 atom stereocenters. The van der Waals surface area contributed by atoms with Gasteiger partial charge in [-0.05, 0) is 43.9 Å². The van der Waals surface area contributed by atoms with Crippen LogP contribution >= 0.6 is 0 Å². The molecule has 0 saturated carbocycles. The maximum Gasteiger partial charge on any atom is 2.00 e. The standard InChI is InChI=1S/C20H19FN4O2.C5H6.Fe/c21-15-8-9-18-16(12-15)19(26)20(27)25(18)11-5-1-4-10-24-13-17(22-23-24)14-6-2-3-7-14;1-2-4-5-3-1;/h2-3,6-9,12-14H,1,4-5,10-11H2;1-4H,5H2;/q;;+2. The largest absolute Gasteiger partial charge is 2.00 e. The van der Waals surface area contributed by atoms with Gasteiger partial charge in [0.05, 0.1) is 16.9 Å². The van der Waals surface area contributed by atoms with E-state index >= 15 is 0 Å². The summed E-state index contributed by atoms with van der Waals surface area (Å²) in [6, 6.07) is 3.90. The molecule has 0 N–H and O–H groups in total. The Labute approximate surface area is 203 Å². The minimum Gasteiger partial charge on any atom is -0.305 e. The van der Waals surface area contributed by atoms with Crippen molar-refractivity contribution in [1.82, 2.24) is 15.0 Å². The average Bonchev–Trinajstić information content (AvgIpc) is 3.60. The first-order valence-corrected chi connectivity index (χ1v) is 10.9. The monoisotopic (exact) mass is 488 g/mol. The topological polar surface area (TPSA) is 68.1 Å². The van der Waals surface area contributed by atoms with E-state index in [1.165, 1.54) is 17.0 Å². The van der Waals surface area contributed by atoms with Gasteiger partial charge in [-0.3, -0.25) is 14.3 Å². The molecule has 0 fully saturated rings. The molecule has 1 aliphatic heterocycles. The van der Waals surface area contributed by atoms with Crippen LogP contribution < -0.4 is 4.90 Å². The minimum atomic E-state index is -0.630. The number of anilines is 1. The zero-order valence-corrected chi connectivity index (χ0v) is 19.2. The average molecular weight is 488 g/mol. The molecule has 0 bridgehead atoms. The van der Waals surface area contributed by atoms with Gasteiger partial charge in [-0.25, -0.2) is 4.39 Å². The first-order valence-electron chi connectivity index (χ1n) is 10.9. The van der Waals surface area contributed by atoms with Crippen LogP contribution in [0.3, 0.4) is 0 Å². The first kappa shape index (κ1) is 24.5. The summed E-state index contributed by atoms with van der Waals surface area (Å²) in [7, 11) is 0. The molecule has 170 valence electrons. The molecule has 1 amide bonds. The summed E-state index contributed by atoms with van der Waals surface area (Å²) >= 11 is 0. The second-order valence-corrected chi connectivity index (χ2v) is 7.80. The molecule has 1 aromatic carbocycles. The predicted octanol–water partition coefficient (Wildman–Crippen LogP) is 4.53. The number of Topliss-reactive ketones (excluding diaryl/α,β-unsaturated/α-hetero) is 1. The number of carbonyl (C=O) groups excluding carboxylic acids is 2. The zero-order chi connectivity index (χ0) is 22.3. The number of nitrogens with zero attached hydrogens (tertiary/aromatic N) is 4. The van der Waals surface area contributed by atoms with Gasteiger partial charge in [-0.15, -0.1) is 5.10 Å². The molecule has 8 heteroatoms. The van der Waals surface area contributed by atoms with Crippen LogP contribution in [-0.2, 0) is 28.4 Å². The van der Waals surface area contributed by atoms with Crippen molar-refractivity contribution in [3.63, 3.8) is 0 Å². The Kier molecular flexibility index (Phi) is 8.69. The summed E-state index contributed by atoms with van der Waals surface area (Å²) in [5, 5.41) is 8.35. The van der Waals surface area contributed by atoms with Crippen molar-refractivity contribution in [3.8, 4) is 0 Å². The second kappa shape index (κ2) is 11.7. The van der Waals surface area contributed by atoms with E-state index in [1.54, 1.807) is 0 Å². The number of rotatable bonds is 7. The van der Waals surface area contributed by atoms with Gasteiger partial charge in [0.25, 0.3) is 11.7 Å². The number of fused-ring (bicyclic) bond motifs is 1. The van der Waals surface area contributed by atoms with Gasteiger partial charge in [-0.1, -0.05) is 53.8 Å². The summed E-state index contributed by atoms with van der Waals surface area (Å²) in [5.41, 5.74) is 1.60. The predicted molar refractivity (Wildman–Crippen MR) is 121 cm³/mol. The molecular weight excluding hydrogens is 463 g/mol. The number of allylic oxidation sites excluding steroid dienone is 8. The number of aromatic nitrogens is 3. The van der Waals surface area contributed by atoms with Crippen LogP contribution in [0.15, 0.2) is 73.0 Å². The van der Waals surface area contributed by atoms with Crippen molar-refractivity contribution in [2.75, 3.05) is 11.4 Å². The smallest absolute Gasteiger partial charge is 0.305 e. The van der Waals surface area contributed by atoms with Crippen LogP contribution in [0.25, 0.3) is 0 Å². The number of hydrogen-bond acceptors (Lipinski definition) is 4. The summed E-state index contributed by atoms with van der Waals surface area (Å²) in [5.74, 6) is -1.50. The van der Waals surface area contributed by atoms with E-state index in [4.69, 9.17) is 0 Å². The second-order valence-electron chi connectivity index (χ2n) is 7.80. The van der Waals surface area contributed by atoms with E-state index in [0.717, 1.165) is 44.0 Å². The van der Waals surface area contributed by atoms with Gasteiger partial charge in [0.2, 0.25) is 0 Å². The summed E-state index contributed by atoms with van der Waals surface area (Å²) in [6.07, 6.45) is 22.1. The number of aryl methyl sites for hydroxylation is 1. The third-order valence-electron chi connectivity index (χ3n) is 5.50. The van der Waals surface area contributed by atoms with Gasteiger partial charge in [0.15, 0.2) is 0 Å². The van der Waals surface area contributed by atoms with Crippen molar-refractivity contribution in [2.24, 2.45) is 0 Å². The van der Waals surface area contributed by atoms with E-state index in [0.29, 0.717) is 12.2 Å². The van der Waals surface area contributed by atoms with Gasteiger partial charge in [-0.2, -0.15) is 0 Å². The molecule has 0 unspecified atom stereocenters. The van der Waals surface area contributed by atoms with E-state index in [-0.39, 0.29) is 28.6 Å². The van der Waals surface area contributed by atoms with Crippen molar-refractivity contribution in [1.29, 1.82) is 0 Å². The Morgan fingerprint density at radius 1 is 0.970 bits per heavy atom. The number of carbonyl (C=O) groups is 2. The molecule has 5 rings (SSSR count). The van der Waals surface area contributed by atoms with Crippen molar-refractivity contribution in [2.45, 2.75) is 38.1 Å². The van der Waals surface area contributed by atoms with E-state index < -0.39 is 17.5 Å². The Morgan fingerprint density at radius 2 is 1.70 bits per heavy atom. The molecule has 0 radical (unpaired) electrons. The molecule has 0 saturated heterocycles. The Bertz CT molecular complexity index is 1100. The van der Waals surface area contributed by atoms with Crippen LogP contribution in [0.4, 0.5) is 10.1 Å². The van der Waals surface area contributed by atoms with E-state index in [2.05, 4.69) is 46.8 Å². The third-order valence-corrected chi connectivity index (χ3v) is 5.50. The van der Waals surface area contributed by atoms with Gasteiger partial charge in [0, 0.05) is 25.2 Å². The minimum absolute atomic E-state index is 0. The quantitative estimate of drug-likeness (QED) is 0.327. The molecule has 3 aliphatic rings. The fraction of sp³-hybridized carbons (Fsp3) is 0.280. The molecule has 2 aliphatic carbocycles. The number of halogens is 1. The van der Waals surface area contributed by atoms with Crippen LogP contribution in [0.2, 0.25) is 0 Å². The Hall–Kier alpha value is -3.09. The maximum absolute atomic E-state index is 13.3. The van der Waals surface area contributed by atoms with Crippen LogP contribution in [0.5, 0.6) is 0 Å². The molecule has 33 heavy (non-hydrogen) atoms. The normalized spacial score (nSPS) is 15.7. The third kappa shape index (κ3) is 6.03. The Morgan fingerprint density at radius 3 is 2.39 bits per heavy atom. The van der Waals surface area contributed by atoms with Crippen molar-refractivity contribution >= 4 is 17.4 Å². The summed E-state index contributed by atoms with van der Waals surface area (Å²) in [6.45, 7) is 1.20. The number of hydrogen-bond donors (Lipinski definition) is 0. The SMILES string of the molecule is C1=CCC=C1.O=C1C(=O)N(CCCCCn2cc(C3C=CC=C3)nn2)c2ccc(F)cc21.[Fe+2]. The van der Waals surface area contributed by atoms with Crippen LogP contribution in [0.1, 0.15) is 47.7 Å². The van der Waals surface area contributed by atoms with Crippen LogP contribution in [-0.4, -0.2) is 33.2 Å². The van der Waals surface area contributed by atoms with Gasteiger partial charge in [0.1, 0.15) is 5.82 Å². The number of ketones is 1. The fourth-order valence-electron chi connectivity index (χ4n) is 3.81. The van der Waals surface area contributed by atoms with Gasteiger partial charge >= 0.3 is 17.1 Å². The van der Waals surface area contributed by atoms with E-state index in [1.807, 2.05) is 23.0 Å². The molecule has 1 aromatic heterocycles. The van der Waals surface area contributed by atoms with Crippen molar-refractivity contribution in [3.05, 3.63) is 90.1 Å². The summed E-state index contributed by atoms with van der Waals surface area (Å²) < 4.78 is 15.1. The number of benzene rings is 1. The molecular formula is C25H25FFeN4O2+2. The Balaban J connectivity index is 0.000000453. The summed E-state index contributed by atoms with van der Waals surface area (Å²) in [4.78, 5) is 25.5. The number of amides is 1. The fourth-order valence-corrected chi connectivity index (χ4v) is 3.81. The molecule has 2 aromatic rings. The zero-order valence-electron chi connectivity index (χ0n) is 18.1. The van der Waals surface area contributed by atoms with E-state index in [9.17, 15) is 14.0 Å². The van der Waals surface area contributed by atoms with Crippen LogP contribution in [0, 0.1) is 5.82 Å². The maximum atomic E-state index is 13.3. The molecule has 6 nitrogen and oxygen atoms in total.